The Morgan fingerprint density at radius 3 is 2.35 bits per heavy atom. The number of nitrogens with zero attached hydrogens (tertiary/aromatic N) is 1. The van der Waals surface area contributed by atoms with Gasteiger partial charge in [-0.15, -0.1) is 0 Å². The molecule has 1 aromatic carbocycles. The van der Waals surface area contributed by atoms with Gasteiger partial charge in [0.05, 0.1) is 11.3 Å². The summed E-state index contributed by atoms with van der Waals surface area (Å²) in [7, 11) is 0. The molecule has 1 aromatic heterocycles. The van der Waals surface area contributed by atoms with E-state index in [4.69, 9.17) is 5.11 Å². The molecule has 0 bridgehead atoms. The van der Waals surface area contributed by atoms with Crippen molar-refractivity contribution in [3.8, 4) is 5.69 Å². The topological polar surface area (TPSA) is 108 Å². The lowest BCUT2D eigenvalue weighted by Crippen LogP contribution is -2.24. The van der Waals surface area contributed by atoms with E-state index in [1.54, 1.807) is 6.92 Å². The molecule has 0 radical (unpaired) electrons. The lowest BCUT2D eigenvalue weighted by atomic mass is 10.1. The summed E-state index contributed by atoms with van der Waals surface area (Å²) in [5, 5.41) is 13.2. The minimum atomic E-state index is -1.11. The third kappa shape index (κ3) is 1.78. The van der Waals surface area contributed by atoms with E-state index in [2.05, 4.69) is 10.2 Å². The minimum Gasteiger partial charge on any atom is -0.478 e. The summed E-state index contributed by atoms with van der Waals surface area (Å²) in [5.74, 6) is -1.11. The molecular formula is C10H9N3O4. The Balaban J connectivity index is 2.70. The van der Waals surface area contributed by atoms with Gasteiger partial charge in [-0.05, 0) is 24.6 Å². The SMILES string of the molecule is Cc1ccc(-n2c(=O)[nH][nH]c2=O)cc1C(=O)O. The van der Waals surface area contributed by atoms with Gasteiger partial charge in [0.1, 0.15) is 0 Å². The van der Waals surface area contributed by atoms with E-state index < -0.39 is 17.3 Å². The summed E-state index contributed by atoms with van der Waals surface area (Å²) in [5.41, 5.74) is -0.470. The summed E-state index contributed by atoms with van der Waals surface area (Å²) in [6, 6.07) is 4.33. The number of rotatable bonds is 2. The van der Waals surface area contributed by atoms with Crippen LogP contribution in [0.5, 0.6) is 0 Å². The van der Waals surface area contributed by atoms with Crippen LogP contribution in [-0.2, 0) is 0 Å². The maximum absolute atomic E-state index is 11.3. The molecule has 0 aliphatic carbocycles. The molecule has 0 aliphatic rings. The third-order valence-corrected chi connectivity index (χ3v) is 2.39. The standard InChI is InChI=1S/C10H9N3O4/c1-5-2-3-6(4-7(5)8(14)15)13-9(16)11-12-10(13)17/h2-4H,1H3,(H,11,16)(H,12,17)(H,14,15). The van der Waals surface area contributed by atoms with E-state index in [1.165, 1.54) is 18.2 Å². The second-order valence-electron chi connectivity index (χ2n) is 3.50. The number of aromatic carboxylic acids is 1. The van der Waals surface area contributed by atoms with Gasteiger partial charge in [-0.25, -0.2) is 29.1 Å². The van der Waals surface area contributed by atoms with Crippen molar-refractivity contribution < 1.29 is 9.90 Å². The minimum absolute atomic E-state index is 0.0509. The Kier molecular flexibility index (Phi) is 2.43. The van der Waals surface area contributed by atoms with Crippen molar-refractivity contribution >= 4 is 5.97 Å². The summed E-state index contributed by atoms with van der Waals surface area (Å²) in [6.07, 6.45) is 0. The predicted molar refractivity (Wildman–Crippen MR) is 58.7 cm³/mol. The second kappa shape index (κ2) is 3.78. The molecule has 1 heterocycles. The third-order valence-electron chi connectivity index (χ3n) is 2.39. The van der Waals surface area contributed by atoms with Gasteiger partial charge in [-0.2, -0.15) is 0 Å². The van der Waals surface area contributed by atoms with Crippen LogP contribution in [0.4, 0.5) is 0 Å². The lowest BCUT2D eigenvalue weighted by molar-refractivity contribution is 0.0696. The van der Waals surface area contributed by atoms with E-state index in [9.17, 15) is 14.4 Å². The fraction of sp³-hybridized carbons (Fsp3) is 0.100. The first-order chi connectivity index (χ1) is 8.00. The van der Waals surface area contributed by atoms with E-state index in [-0.39, 0.29) is 11.3 Å². The Hall–Kier alpha value is -2.57. The Labute approximate surface area is 94.3 Å². The molecule has 0 unspecified atom stereocenters. The van der Waals surface area contributed by atoms with E-state index >= 15 is 0 Å². The van der Waals surface area contributed by atoms with Crippen LogP contribution in [0.25, 0.3) is 5.69 Å². The molecule has 0 aliphatic heterocycles. The highest BCUT2D eigenvalue weighted by Crippen LogP contribution is 2.12. The van der Waals surface area contributed by atoms with Crippen molar-refractivity contribution in [2.24, 2.45) is 0 Å². The van der Waals surface area contributed by atoms with Crippen molar-refractivity contribution in [3.63, 3.8) is 0 Å². The summed E-state index contributed by atoms with van der Waals surface area (Å²) < 4.78 is 0.825. The number of carboxylic acids is 1. The number of nitrogens with one attached hydrogen (secondary N) is 2. The average molecular weight is 235 g/mol. The second-order valence-corrected chi connectivity index (χ2v) is 3.50. The Morgan fingerprint density at radius 1 is 1.24 bits per heavy atom. The van der Waals surface area contributed by atoms with Crippen LogP contribution in [0, 0.1) is 6.92 Å². The molecule has 88 valence electrons. The van der Waals surface area contributed by atoms with Crippen LogP contribution in [-0.4, -0.2) is 25.8 Å². The smallest absolute Gasteiger partial charge is 0.348 e. The monoisotopic (exact) mass is 235 g/mol. The molecule has 0 atom stereocenters. The van der Waals surface area contributed by atoms with E-state index in [0.717, 1.165) is 4.57 Å². The number of carboxylic acid groups (broad SMARTS) is 1. The molecule has 3 N–H and O–H groups in total. The van der Waals surface area contributed by atoms with E-state index in [0.29, 0.717) is 5.56 Å². The Morgan fingerprint density at radius 2 is 1.82 bits per heavy atom. The van der Waals surface area contributed by atoms with Crippen LogP contribution in [0.1, 0.15) is 15.9 Å². The number of aromatic amines is 2. The Bertz CT molecular complexity index is 665. The van der Waals surface area contributed by atoms with Crippen molar-refractivity contribution in [2.75, 3.05) is 0 Å². The normalized spacial score (nSPS) is 10.4. The number of H-pyrrole nitrogens is 2. The number of aryl methyl sites for hydroxylation is 1. The molecule has 2 rings (SSSR count). The van der Waals surface area contributed by atoms with Crippen LogP contribution in [0.15, 0.2) is 27.8 Å². The van der Waals surface area contributed by atoms with Crippen molar-refractivity contribution in [2.45, 2.75) is 6.92 Å². The van der Waals surface area contributed by atoms with Crippen LogP contribution >= 0.6 is 0 Å². The highest BCUT2D eigenvalue weighted by atomic mass is 16.4. The molecule has 0 spiro atoms. The van der Waals surface area contributed by atoms with Gasteiger partial charge in [-0.3, -0.25) is 0 Å². The van der Waals surface area contributed by atoms with Gasteiger partial charge in [-0.1, -0.05) is 6.07 Å². The van der Waals surface area contributed by atoms with E-state index in [1.807, 2.05) is 0 Å². The summed E-state index contributed by atoms with van der Waals surface area (Å²) in [4.78, 5) is 33.6. The van der Waals surface area contributed by atoms with Crippen LogP contribution in [0.3, 0.4) is 0 Å². The van der Waals surface area contributed by atoms with Gasteiger partial charge in [0, 0.05) is 0 Å². The van der Waals surface area contributed by atoms with Gasteiger partial charge in [0.15, 0.2) is 0 Å². The first-order valence-corrected chi connectivity index (χ1v) is 4.74. The fourth-order valence-corrected chi connectivity index (χ4v) is 1.52. The maximum Gasteiger partial charge on any atom is 0.348 e. The van der Waals surface area contributed by atoms with Gasteiger partial charge < -0.3 is 5.11 Å². The molecule has 0 amide bonds. The zero-order chi connectivity index (χ0) is 12.6. The first-order valence-electron chi connectivity index (χ1n) is 4.74. The predicted octanol–water partition coefficient (Wildman–Crippen LogP) is -0.139. The maximum atomic E-state index is 11.3. The molecule has 0 fully saturated rings. The number of benzene rings is 1. The number of hydrogen-bond acceptors (Lipinski definition) is 3. The van der Waals surface area contributed by atoms with Gasteiger partial charge >= 0.3 is 17.3 Å². The molecular weight excluding hydrogens is 226 g/mol. The van der Waals surface area contributed by atoms with Gasteiger partial charge in [0.25, 0.3) is 0 Å². The van der Waals surface area contributed by atoms with Crippen molar-refractivity contribution in [3.05, 3.63) is 50.3 Å². The molecule has 2 aromatic rings. The molecule has 7 nitrogen and oxygen atoms in total. The average Bonchev–Trinajstić information content (AvgIpc) is 2.59. The van der Waals surface area contributed by atoms with Crippen molar-refractivity contribution in [1.29, 1.82) is 0 Å². The highest BCUT2D eigenvalue weighted by molar-refractivity contribution is 5.90. The zero-order valence-corrected chi connectivity index (χ0v) is 8.85. The fourth-order valence-electron chi connectivity index (χ4n) is 1.52. The highest BCUT2D eigenvalue weighted by Gasteiger charge is 2.11. The number of aromatic nitrogens is 3. The van der Waals surface area contributed by atoms with Crippen molar-refractivity contribution in [1.82, 2.24) is 14.8 Å². The molecule has 0 saturated carbocycles. The quantitative estimate of drug-likeness (QED) is 0.673. The summed E-state index contributed by atoms with van der Waals surface area (Å²) >= 11 is 0. The molecule has 0 saturated heterocycles. The summed E-state index contributed by atoms with van der Waals surface area (Å²) in [6.45, 7) is 1.64. The number of carbonyl (C=O) groups is 1. The lowest BCUT2D eigenvalue weighted by Gasteiger charge is -2.04. The number of hydrogen-bond donors (Lipinski definition) is 3. The largest absolute Gasteiger partial charge is 0.478 e. The molecule has 7 heteroatoms. The zero-order valence-electron chi connectivity index (χ0n) is 8.85. The van der Waals surface area contributed by atoms with Gasteiger partial charge in [0.2, 0.25) is 0 Å². The van der Waals surface area contributed by atoms with Crippen LogP contribution in [0.2, 0.25) is 0 Å². The first kappa shape index (κ1) is 10.9. The van der Waals surface area contributed by atoms with Crippen LogP contribution < -0.4 is 11.4 Å². The molecule has 17 heavy (non-hydrogen) atoms.